The van der Waals surface area contributed by atoms with E-state index in [1.165, 1.54) is 54.1 Å². The molecule has 5 nitrogen and oxygen atoms in total. The molecule has 112 valence electrons. The molecule has 1 heterocycles. The van der Waals surface area contributed by atoms with Crippen LogP contribution >= 0.6 is 11.3 Å². The lowest BCUT2D eigenvalue weighted by molar-refractivity contribution is 0.0600. The second-order valence-electron chi connectivity index (χ2n) is 4.36. The molecule has 2 rings (SSSR count). The lowest BCUT2D eigenvalue weighted by atomic mass is 10.2. The predicted octanol–water partition coefficient (Wildman–Crippen LogP) is 2.36. The van der Waals surface area contributed by atoms with Gasteiger partial charge in [0.05, 0.1) is 17.6 Å². The van der Waals surface area contributed by atoms with E-state index >= 15 is 0 Å². The molecule has 0 aliphatic heterocycles. The summed E-state index contributed by atoms with van der Waals surface area (Å²) in [6.45, 7) is 0.294. The zero-order valence-corrected chi connectivity index (χ0v) is 13.3. The molecule has 0 N–H and O–H groups in total. The SMILES string of the molecule is COC(=O)c1cccc(S(=O)(=O)N(C)Cc2cccs2)c1. The number of nitrogens with zero attached hydrogens (tertiary/aromatic N) is 1. The Morgan fingerprint density at radius 1 is 1.29 bits per heavy atom. The summed E-state index contributed by atoms with van der Waals surface area (Å²) in [5.41, 5.74) is 0.211. The quantitative estimate of drug-likeness (QED) is 0.792. The van der Waals surface area contributed by atoms with Gasteiger partial charge in [-0.3, -0.25) is 0 Å². The highest BCUT2D eigenvalue weighted by Crippen LogP contribution is 2.20. The van der Waals surface area contributed by atoms with Crippen LogP contribution in [0.1, 0.15) is 15.2 Å². The lowest BCUT2D eigenvalue weighted by Crippen LogP contribution is -2.26. The molecule has 0 bridgehead atoms. The Kier molecular flexibility index (Phi) is 4.76. The molecule has 0 saturated heterocycles. The number of hydrogen-bond acceptors (Lipinski definition) is 5. The van der Waals surface area contributed by atoms with Crippen LogP contribution in [0.4, 0.5) is 0 Å². The Morgan fingerprint density at radius 3 is 2.67 bits per heavy atom. The molecule has 0 radical (unpaired) electrons. The number of esters is 1. The first-order valence-electron chi connectivity index (χ1n) is 6.12. The maximum absolute atomic E-state index is 12.5. The number of sulfonamides is 1. The number of hydrogen-bond donors (Lipinski definition) is 0. The Bertz CT molecular complexity index is 723. The number of thiophene rings is 1. The van der Waals surface area contributed by atoms with Gasteiger partial charge in [-0.1, -0.05) is 12.1 Å². The predicted molar refractivity (Wildman–Crippen MR) is 80.8 cm³/mol. The van der Waals surface area contributed by atoms with E-state index in [4.69, 9.17) is 0 Å². The lowest BCUT2D eigenvalue weighted by Gasteiger charge is -2.16. The maximum Gasteiger partial charge on any atom is 0.337 e. The topological polar surface area (TPSA) is 63.7 Å². The van der Waals surface area contributed by atoms with Crippen molar-refractivity contribution in [3.05, 3.63) is 52.2 Å². The molecule has 0 spiro atoms. The van der Waals surface area contributed by atoms with Crippen LogP contribution in [0.3, 0.4) is 0 Å². The molecule has 0 atom stereocenters. The summed E-state index contributed by atoms with van der Waals surface area (Å²) in [6, 6.07) is 9.58. The largest absolute Gasteiger partial charge is 0.465 e. The van der Waals surface area contributed by atoms with Crippen molar-refractivity contribution in [3.8, 4) is 0 Å². The fourth-order valence-corrected chi connectivity index (χ4v) is 3.82. The van der Waals surface area contributed by atoms with Crippen LogP contribution in [-0.4, -0.2) is 32.8 Å². The van der Waals surface area contributed by atoms with E-state index in [0.29, 0.717) is 6.54 Å². The third-order valence-corrected chi connectivity index (χ3v) is 5.58. The van der Waals surface area contributed by atoms with Crippen molar-refractivity contribution < 1.29 is 17.9 Å². The second-order valence-corrected chi connectivity index (χ2v) is 7.44. The Hall–Kier alpha value is -1.70. The van der Waals surface area contributed by atoms with E-state index in [2.05, 4.69) is 4.74 Å². The van der Waals surface area contributed by atoms with Gasteiger partial charge in [-0.15, -0.1) is 11.3 Å². The van der Waals surface area contributed by atoms with E-state index in [1.54, 1.807) is 0 Å². The summed E-state index contributed by atoms with van der Waals surface area (Å²) in [7, 11) is -0.877. The zero-order chi connectivity index (χ0) is 15.5. The highest BCUT2D eigenvalue weighted by molar-refractivity contribution is 7.89. The monoisotopic (exact) mass is 325 g/mol. The van der Waals surface area contributed by atoms with Gasteiger partial charge < -0.3 is 4.74 Å². The van der Waals surface area contributed by atoms with Crippen LogP contribution in [0, 0.1) is 0 Å². The van der Waals surface area contributed by atoms with Gasteiger partial charge in [0.1, 0.15) is 0 Å². The van der Waals surface area contributed by atoms with Crippen molar-refractivity contribution in [1.82, 2.24) is 4.31 Å². The zero-order valence-electron chi connectivity index (χ0n) is 11.6. The van der Waals surface area contributed by atoms with E-state index < -0.39 is 16.0 Å². The van der Waals surface area contributed by atoms with Gasteiger partial charge in [-0.25, -0.2) is 13.2 Å². The van der Waals surface area contributed by atoms with Crippen molar-refractivity contribution in [2.45, 2.75) is 11.4 Å². The van der Waals surface area contributed by atoms with Crippen LogP contribution in [0.5, 0.6) is 0 Å². The first-order chi connectivity index (χ1) is 9.95. The van der Waals surface area contributed by atoms with Gasteiger partial charge in [0.25, 0.3) is 0 Å². The summed E-state index contributed by atoms with van der Waals surface area (Å²) in [5.74, 6) is -0.562. The fraction of sp³-hybridized carbons (Fsp3) is 0.214. The third kappa shape index (κ3) is 3.49. The summed E-state index contributed by atoms with van der Waals surface area (Å²) < 4.78 is 30.9. The Balaban J connectivity index is 2.28. The molecule has 0 unspecified atom stereocenters. The summed E-state index contributed by atoms with van der Waals surface area (Å²) in [5, 5.41) is 1.90. The van der Waals surface area contributed by atoms with Gasteiger partial charge in [-0.2, -0.15) is 4.31 Å². The summed E-state index contributed by atoms with van der Waals surface area (Å²) in [4.78, 5) is 12.5. The normalized spacial score (nSPS) is 11.6. The first-order valence-corrected chi connectivity index (χ1v) is 8.44. The smallest absolute Gasteiger partial charge is 0.337 e. The molecule has 0 aliphatic rings. The van der Waals surface area contributed by atoms with Crippen molar-refractivity contribution >= 4 is 27.3 Å². The fourth-order valence-electron chi connectivity index (χ4n) is 1.79. The minimum Gasteiger partial charge on any atom is -0.465 e. The van der Waals surface area contributed by atoms with Gasteiger partial charge in [0, 0.05) is 18.5 Å². The van der Waals surface area contributed by atoms with Crippen molar-refractivity contribution in [3.63, 3.8) is 0 Å². The van der Waals surface area contributed by atoms with Gasteiger partial charge in [-0.05, 0) is 29.6 Å². The highest BCUT2D eigenvalue weighted by Gasteiger charge is 2.22. The Labute approximate surface area is 127 Å². The molecule has 21 heavy (non-hydrogen) atoms. The minimum absolute atomic E-state index is 0.0736. The van der Waals surface area contributed by atoms with E-state index in [0.717, 1.165) is 4.88 Å². The third-order valence-electron chi connectivity index (χ3n) is 2.92. The minimum atomic E-state index is -3.65. The first kappa shape index (κ1) is 15.7. The number of carbonyl (C=O) groups excluding carboxylic acids is 1. The van der Waals surface area contributed by atoms with Gasteiger partial charge in [0.2, 0.25) is 10.0 Å². The van der Waals surface area contributed by atoms with Crippen LogP contribution < -0.4 is 0 Å². The number of methoxy groups -OCH3 is 1. The van der Waals surface area contributed by atoms with E-state index in [9.17, 15) is 13.2 Å². The molecule has 0 amide bonds. The maximum atomic E-state index is 12.5. The molecule has 1 aromatic heterocycles. The molecule has 0 saturated carbocycles. The molecular formula is C14H15NO4S2. The van der Waals surface area contributed by atoms with Gasteiger partial charge in [0.15, 0.2) is 0 Å². The molecule has 0 aliphatic carbocycles. The average molecular weight is 325 g/mol. The second kappa shape index (κ2) is 6.38. The Morgan fingerprint density at radius 2 is 2.05 bits per heavy atom. The van der Waals surface area contributed by atoms with E-state index in [1.807, 2.05) is 17.5 Å². The van der Waals surface area contributed by atoms with Crippen molar-refractivity contribution in [2.75, 3.05) is 14.2 Å². The molecule has 1 aromatic carbocycles. The number of carbonyl (C=O) groups is 1. The molecule has 2 aromatic rings. The van der Waals surface area contributed by atoms with Gasteiger partial charge >= 0.3 is 5.97 Å². The summed E-state index contributed by atoms with van der Waals surface area (Å²) in [6.07, 6.45) is 0. The average Bonchev–Trinajstić information content (AvgIpc) is 2.99. The van der Waals surface area contributed by atoms with E-state index in [-0.39, 0.29) is 10.5 Å². The standard InChI is InChI=1S/C14H15NO4S2/c1-15(10-12-6-4-8-20-12)21(17,18)13-7-3-5-11(9-13)14(16)19-2/h3-9H,10H2,1-2H3. The number of rotatable bonds is 5. The molecular weight excluding hydrogens is 310 g/mol. The van der Waals surface area contributed by atoms with Crippen LogP contribution in [0.15, 0.2) is 46.7 Å². The van der Waals surface area contributed by atoms with Crippen molar-refractivity contribution in [2.24, 2.45) is 0 Å². The molecule has 7 heteroatoms. The summed E-state index contributed by atoms with van der Waals surface area (Å²) >= 11 is 1.49. The van der Waals surface area contributed by atoms with Crippen LogP contribution in [0.25, 0.3) is 0 Å². The number of ether oxygens (including phenoxy) is 1. The van der Waals surface area contributed by atoms with Crippen molar-refractivity contribution in [1.29, 1.82) is 0 Å². The number of benzene rings is 1. The highest BCUT2D eigenvalue weighted by atomic mass is 32.2. The molecule has 0 fully saturated rings. The van der Waals surface area contributed by atoms with Crippen LogP contribution in [-0.2, 0) is 21.3 Å². The van der Waals surface area contributed by atoms with Crippen LogP contribution in [0.2, 0.25) is 0 Å².